The van der Waals surface area contributed by atoms with E-state index in [1.54, 1.807) is 27.5 Å². The molecule has 148 valence electrons. The van der Waals surface area contributed by atoms with Crippen molar-refractivity contribution >= 4 is 11.6 Å². The Bertz CT molecular complexity index is 1140. The summed E-state index contributed by atoms with van der Waals surface area (Å²) in [5, 5.41) is 3.50. The van der Waals surface area contributed by atoms with Crippen LogP contribution in [0.4, 0.5) is 5.82 Å². The average Bonchev–Trinajstić information content (AvgIpc) is 3.15. The van der Waals surface area contributed by atoms with Crippen molar-refractivity contribution in [3.8, 4) is 28.5 Å². The number of imidazole rings is 1. The minimum absolute atomic E-state index is 0.576. The third kappa shape index (κ3) is 3.54. The van der Waals surface area contributed by atoms with Gasteiger partial charge in [-0.3, -0.25) is 4.40 Å². The van der Waals surface area contributed by atoms with Crippen molar-refractivity contribution < 1.29 is 14.2 Å². The van der Waals surface area contributed by atoms with Crippen LogP contribution in [0.25, 0.3) is 17.0 Å². The van der Waals surface area contributed by atoms with Crippen LogP contribution in [-0.4, -0.2) is 35.7 Å². The minimum atomic E-state index is 0.576. The van der Waals surface area contributed by atoms with E-state index in [4.69, 9.17) is 19.2 Å². The van der Waals surface area contributed by atoms with E-state index in [0.717, 1.165) is 28.4 Å². The number of nitrogens with zero attached hydrogens (tertiary/aromatic N) is 3. The zero-order valence-electron chi connectivity index (χ0n) is 16.5. The highest BCUT2D eigenvalue weighted by Gasteiger charge is 2.17. The summed E-state index contributed by atoms with van der Waals surface area (Å²) in [6, 6.07) is 15.5. The van der Waals surface area contributed by atoms with Gasteiger partial charge in [-0.05, 0) is 30.3 Å². The maximum absolute atomic E-state index is 5.47. The second-order valence-corrected chi connectivity index (χ2v) is 6.33. The van der Waals surface area contributed by atoms with Gasteiger partial charge in [0.15, 0.2) is 11.5 Å². The van der Waals surface area contributed by atoms with Crippen molar-refractivity contribution in [2.24, 2.45) is 0 Å². The second kappa shape index (κ2) is 8.10. The zero-order chi connectivity index (χ0) is 20.2. The van der Waals surface area contributed by atoms with Gasteiger partial charge in [0.05, 0.1) is 21.3 Å². The summed E-state index contributed by atoms with van der Waals surface area (Å²) in [4.78, 5) is 9.11. The van der Waals surface area contributed by atoms with Crippen LogP contribution in [-0.2, 0) is 6.54 Å². The highest BCUT2D eigenvalue weighted by Crippen LogP contribution is 2.35. The van der Waals surface area contributed by atoms with Gasteiger partial charge in [0.1, 0.15) is 17.3 Å². The van der Waals surface area contributed by atoms with Crippen molar-refractivity contribution in [1.82, 2.24) is 14.4 Å². The fraction of sp³-hybridized carbons (Fsp3) is 0.182. The summed E-state index contributed by atoms with van der Waals surface area (Å²) in [7, 11) is 4.91. The van der Waals surface area contributed by atoms with Crippen LogP contribution in [0, 0.1) is 0 Å². The summed E-state index contributed by atoms with van der Waals surface area (Å²) < 4.78 is 18.2. The lowest BCUT2D eigenvalue weighted by Gasteiger charge is -2.13. The van der Waals surface area contributed by atoms with Crippen molar-refractivity contribution in [1.29, 1.82) is 0 Å². The maximum Gasteiger partial charge on any atom is 0.235 e. The third-order valence-corrected chi connectivity index (χ3v) is 4.70. The smallest absolute Gasteiger partial charge is 0.235 e. The summed E-state index contributed by atoms with van der Waals surface area (Å²) >= 11 is 0. The van der Waals surface area contributed by atoms with Gasteiger partial charge in [0.25, 0.3) is 0 Å². The topological polar surface area (TPSA) is 69.9 Å². The Morgan fingerprint density at radius 1 is 0.897 bits per heavy atom. The molecular weight excluding hydrogens is 368 g/mol. The van der Waals surface area contributed by atoms with Crippen LogP contribution in [0.1, 0.15) is 5.56 Å². The third-order valence-electron chi connectivity index (χ3n) is 4.70. The molecule has 29 heavy (non-hydrogen) atoms. The number of hydrogen-bond acceptors (Lipinski definition) is 6. The lowest BCUT2D eigenvalue weighted by molar-refractivity contribution is 0.355. The number of aromatic nitrogens is 3. The number of para-hydroxylation sites is 1. The molecule has 7 heteroatoms. The molecule has 7 nitrogen and oxygen atoms in total. The number of anilines is 1. The van der Waals surface area contributed by atoms with E-state index in [2.05, 4.69) is 10.3 Å². The molecule has 0 radical (unpaired) electrons. The highest BCUT2D eigenvalue weighted by molar-refractivity contribution is 5.77. The first-order chi connectivity index (χ1) is 14.2. The van der Waals surface area contributed by atoms with Crippen molar-refractivity contribution in [2.75, 3.05) is 26.6 Å². The average molecular weight is 390 g/mol. The summed E-state index contributed by atoms with van der Waals surface area (Å²) in [6.45, 7) is 0.576. The van der Waals surface area contributed by atoms with E-state index in [9.17, 15) is 0 Å². The number of hydrogen-bond donors (Lipinski definition) is 1. The number of fused-ring (bicyclic) bond motifs is 1. The van der Waals surface area contributed by atoms with Crippen molar-refractivity contribution in [2.45, 2.75) is 6.54 Å². The first kappa shape index (κ1) is 18.6. The van der Waals surface area contributed by atoms with Crippen LogP contribution in [0.2, 0.25) is 0 Å². The SMILES string of the molecule is COc1ccccc1CNc1c(-c2ccc(OC)c(OC)c2)nc2ncccn12. The number of nitrogens with one attached hydrogen (secondary N) is 1. The fourth-order valence-electron chi connectivity index (χ4n) is 3.27. The number of benzene rings is 2. The predicted molar refractivity (Wildman–Crippen MR) is 112 cm³/mol. The zero-order valence-corrected chi connectivity index (χ0v) is 16.5. The Kier molecular flexibility index (Phi) is 5.20. The van der Waals surface area contributed by atoms with Gasteiger partial charge in [-0.25, -0.2) is 9.97 Å². The second-order valence-electron chi connectivity index (χ2n) is 6.33. The van der Waals surface area contributed by atoms with Crippen LogP contribution >= 0.6 is 0 Å². The van der Waals surface area contributed by atoms with Crippen LogP contribution in [0.3, 0.4) is 0 Å². The van der Waals surface area contributed by atoms with Gasteiger partial charge >= 0.3 is 0 Å². The standard InChI is InChI=1S/C22H22N4O3/c1-27-17-8-5-4-7-16(17)14-24-21-20(25-22-23-11-6-12-26(21)22)15-9-10-18(28-2)19(13-15)29-3/h4-13,24H,14H2,1-3H3. The van der Waals surface area contributed by atoms with Crippen LogP contribution in [0.15, 0.2) is 60.9 Å². The van der Waals surface area contributed by atoms with Gasteiger partial charge < -0.3 is 19.5 Å². The van der Waals surface area contributed by atoms with Gasteiger partial charge in [-0.2, -0.15) is 0 Å². The number of ether oxygens (including phenoxy) is 3. The first-order valence-electron chi connectivity index (χ1n) is 9.16. The Labute approximate surface area is 168 Å². The Hall–Kier alpha value is -3.74. The molecule has 0 saturated carbocycles. The van der Waals surface area contributed by atoms with Gasteiger partial charge in [0.2, 0.25) is 5.78 Å². The molecule has 0 amide bonds. The number of methoxy groups -OCH3 is 3. The maximum atomic E-state index is 5.47. The molecule has 0 fully saturated rings. The minimum Gasteiger partial charge on any atom is -0.496 e. The van der Waals surface area contributed by atoms with Crippen molar-refractivity contribution in [3.05, 3.63) is 66.5 Å². The van der Waals surface area contributed by atoms with Gasteiger partial charge in [0, 0.05) is 30.1 Å². The molecule has 0 aliphatic carbocycles. The Balaban J connectivity index is 1.77. The summed E-state index contributed by atoms with van der Waals surface area (Å²) in [5.74, 6) is 3.60. The summed E-state index contributed by atoms with van der Waals surface area (Å²) in [5.41, 5.74) is 2.72. The quantitative estimate of drug-likeness (QED) is 0.514. The lowest BCUT2D eigenvalue weighted by atomic mass is 10.1. The molecule has 0 unspecified atom stereocenters. The fourth-order valence-corrected chi connectivity index (χ4v) is 3.27. The Morgan fingerprint density at radius 3 is 2.48 bits per heavy atom. The van der Waals surface area contributed by atoms with E-state index < -0.39 is 0 Å². The molecular formula is C22H22N4O3. The summed E-state index contributed by atoms with van der Waals surface area (Å²) in [6.07, 6.45) is 3.66. The molecule has 0 bridgehead atoms. The molecule has 0 spiro atoms. The number of rotatable bonds is 7. The Morgan fingerprint density at radius 2 is 1.69 bits per heavy atom. The lowest BCUT2D eigenvalue weighted by Crippen LogP contribution is -2.05. The predicted octanol–water partition coefficient (Wildman–Crippen LogP) is 4.03. The van der Waals surface area contributed by atoms with E-state index in [-0.39, 0.29) is 0 Å². The molecule has 4 aromatic rings. The van der Waals surface area contributed by atoms with Gasteiger partial charge in [-0.15, -0.1) is 0 Å². The van der Waals surface area contributed by atoms with Crippen LogP contribution in [0.5, 0.6) is 17.2 Å². The van der Waals surface area contributed by atoms with E-state index >= 15 is 0 Å². The molecule has 2 heterocycles. The molecule has 0 saturated heterocycles. The molecule has 2 aromatic heterocycles. The molecule has 0 aliphatic heterocycles. The monoisotopic (exact) mass is 390 g/mol. The van der Waals surface area contributed by atoms with E-state index in [0.29, 0.717) is 23.8 Å². The molecule has 0 atom stereocenters. The van der Waals surface area contributed by atoms with Crippen LogP contribution < -0.4 is 19.5 Å². The largest absolute Gasteiger partial charge is 0.496 e. The first-order valence-corrected chi connectivity index (χ1v) is 9.16. The molecule has 1 N–H and O–H groups in total. The molecule has 2 aromatic carbocycles. The molecule has 4 rings (SSSR count). The van der Waals surface area contributed by atoms with E-state index in [1.165, 1.54) is 0 Å². The molecule has 0 aliphatic rings. The van der Waals surface area contributed by atoms with Crippen molar-refractivity contribution in [3.63, 3.8) is 0 Å². The normalized spacial score (nSPS) is 10.7. The van der Waals surface area contributed by atoms with Gasteiger partial charge in [-0.1, -0.05) is 18.2 Å². The highest BCUT2D eigenvalue weighted by atomic mass is 16.5. The van der Waals surface area contributed by atoms with E-state index in [1.807, 2.05) is 59.1 Å².